The lowest BCUT2D eigenvalue weighted by atomic mass is 9.91. The first kappa shape index (κ1) is 30.0. The van der Waals surface area contributed by atoms with Gasteiger partial charge >= 0.3 is 5.97 Å². The first-order valence-electron chi connectivity index (χ1n) is 16.0. The Morgan fingerprint density at radius 3 is 2.45 bits per heavy atom. The fraction of sp³-hybridized carbons (Fsp3) is 0.472. The van der Waals surface area contributed by atoms with Crippen molar-refractivity contribution in [2.75, 3.05) is 43.2 Å². The molecule has 8 nitrogen and oxygen atoms in total. The van der Waals surface area contributed by atoms with Gasteiger partial charge in [-0.15, -0.1) is 0 Å². The highest BCUT2D eigenvalue weighted by atomic mass is 16.5. The fourth-order valence-corrected chi connectivity index (χ4v) is 6.37. The van der Waals surface area contributed by atoms with E-state index < -0.39 is 5.97 Å². The number of pyridine rings is 1. The number of aliphatic carboxylic acids is 1. The minimum atomic E-state index is -0.747. The van der Waals surface area contributed by atoms with Crippen LogP contribution >= 0.6 is 0 Å². The maximum atomic E-state index is 14.2. The summed E-state index contributed by atoms with van der Waals surface area (Å²) in [5.41, 5.74) is 3.72. The molecule has 3 aromatic rings. The predicted octanol–water partition coefficient (Wildman–Crippen LogP) is 6.72. The van der Waals surface area contributed by atoms with Gasteiger partial charge in [0.25, 0.3) is 5.91 Å². The third kappa shape index (κ3) is 7.34. The van der Waals surface area contributed by atoms with Gasteiger partial charge in [0.15, 0.2) is 0 Å². The number of aryl methyl sites for hydroxylation is 1. The molecule has 2 aliphatic carbocycles. The van der Waals surface area contributed by atoms with Crippen LogP contribution in [0.15, 0.2) is 60.8 Å². The molecule has 1 saturated heterocycles. The highest BCUT2D eigenvalue weighted by Gasteiger charge is 2.34. The molecule has 8 heteroatoms. The monoisotopic (exact) mass is 597 g/mol. The molecule has 1 aliphatic heterocycles. The summed E-state index contributed by atoms with van der Waals surface area (Å²) < 4.78 is 11.8. The van der Waals surface area contributed by atoms with E-state index in [9.17, 15) is 14.7 Å². The van der Waals surface area contributed by atoms with Crippen molar-refractivity contribution >= 4 is 23.4 Å². The van der Waals surface area contributed by atoms with Crippen LogP contribution in [0.5, 0.6) is 11.5 Å². The summed E-state index contributed by atoms with van der Waals surface area (Å²) in [5.74, 6) is 2.91. The lowest BCUT2D eigenvalue weighted by molar-refractivity contribution is -0.137. The van der Waals surface area contributed by atoms with Crippen molar-refractivity contribution < 1.29 is 24.2 Å². The summed E-state index contributed by atoms with van der Waals surface area (Å²) in [6, 6.07) is 17.7. The number of hydrogen-bond donors (Lipinski definition) is 1. The summed E-state index contributed by atoms with van der Waals surface area (Å²) in [5, 5.41) is 9.41. The summed E-state index contributed by atoms with van der Waals surface area (Å²) in [6.45, 7) is 4.95. The van der Waals surface area contributed by atoms with Crippen molar-refractivity contribution in [1.29, 1.82) is 0 Å². The maximum absolute atomic E-state index is 14.2. The Morgan fingerprint density at radius 1 is 0.977 bits per heavy atom. The van der Waals surface area contributed by atoms with E-state index in [0.29, 0.717) is 42.3 Å². The molecular formula is C36H43N3O5. The van der Waals surface area contributed by atoms with Crippen LogP contribution < -0.4 is 19.3 Å². The fourth-order valence-electron chi connectivity index (χ4n) is 6.37. The van der Waals surface area contributed by atoms with E-state index in [-0.39, 0.29) is 18.2 Å². The SMILES string of the molecule is COc1ccc(C(=O)N(CC2CC2)c2cc(C)ccn2)c(N2CCC(COc3cccc(C(CC(=O)O)C4CC4)c3)CC2)c1. The number of carboxylic acids is 1. The molecule has 1 N–H and O–H groups in total. The summed E-state index contributed by atoms with van der Waals surface area (Å²) in [7, 11) is 1.66. The maximum Gasteiger partial charge on any atom is 0.303 e. The molecule has 6 rings (SSSR count). The Bertz CT molecular complexity index is 1480. The third-order valence-corrected chi connectivity index (χ3v) is 9.31. The first-order valence-corrected chi connectivity index (χ1v) is 16.0. The van der Waals surface area contributed by atoms with Gasteiger partial charge in [-0.1, -0.05) is 12.1 Å². The average Bonchev–Trinajstić information content (AvgIpc) is 3.97. The van der Waals surface area contributed by atoms with Gasteiger partial charge in [-0.25, -0.2) is 4.98 Å². The number of carbonyl (C=O) groups excluding carboxylic acids is 1. The molecule has 2 aromatic carbocycles. The van der Waals surface area contributed by atoms with Crippen molar-refractivity contribution in [2.45, 2.75) is 57.8 Å². The normalized spacial score (nSPS) is 17.6. The number of methoxy groups -OCH3 is 1. The molecule has 232 valence electrons. The van der Waals surface area contributed by atoms with E-state index in [1.165, 1.54) is 0 Å². The Labute approximate surface area is 260 Å². The van der Waals surface area contributed by atoms with Crippen LogP contribution in [0.4, 0.5) is 11.5 Å². The van der Waals surface area contributed by atoms with Crippen molar-refractivity contribution in [3.05, 3.63) is 77.5 Å². The van der Waals surface area contributed by atoms with E-state index in [1.54, 1.807) is 13.3 Å². The summed E-state index contributed by atoms with van der Waals surface area (Å²) in [6.07, 6.45) is 8.33. The smallest absolute Gasteiger partial charge is 0.303 e. The van der Waals surface area contributed by atoms with E-state index in [4.69, 9.17) is 9.47 Å². The molecule has 1 unspecified atom stereocenters. The molecule has 44 heavy (non-hydrogen) atoms. The number of amides is 1. The number of ether oxygens (including phenoxy) is 2. The lowest BCUT2D eigenvalue weighted by Crippen LogP contribution is -2.38. The van der Waals surface area contributed by atoms with Crippen LogP contribution in [0.25, 0.3) is 0 Å². The van der Waals surface area contributed by atoms with Crippen LogP contribution in [-0.4, -0.2) is 55.3 Å². The standard InChI is InChI=1S/C36H43N3O5/c1-24-12-15-37-34(18-24)39(22-25-6-7-25)36(42)31-11-10-29(43-2)20-33(31)38-16-13-26(14-17-38)23-44-30-5-3-4-28(19-30)32(21-35(40)41)27-8-9-27/h3-5,10-12,15,18-20,25-27,32H,6-9,13-14,16-17,21-23H2,1-2H3,(H,40,41). The van der Waals surface area contributed by atoms with Crippen LogP contribution in [-0.2, 0) is 4.79 Å². The molecule has 2 saturated carbocycles. The Hall–Kier alpha value is -4.07. The third-order valence-electron chi connectivity index (χ3n) is 9.31. The van der Waals surface area contributed by atoms with Crippen molar-refractivity contribution in [3.63, 3.8) is 0 Å². The van der Waals surface area contributed by atoms with Gasteiger partial charge in [0.1, 0.15) is 17.3 Å². The van der Waals surface area contributed by atoms with Crippen molar-refractivity contribution in [1.82, 2.24) is 4.98 Å². The van der Waals surface area contributed by atoms with Gasteiger partial charge in [-0.05, 0) is 117 Å². The average molecular weight is 598 g/mol. The van der Waals surface area contributed by atoms with Gasteiger partial charge in [0, 0.05) is 31.9 Å². The van der Waals surface area contributed by atoms with Gasteiger partial charge < -0.3 is 19.5 Å². The molecule has 1 aromatic heterocycles. The minimum absolute atomic E-state index is 0.0228. The number of aromatic nitrogens is 1. The van der Waals surface area contributed by atoms with E-state index in [1.807, 2.05) is 66.4 Å². The summed E-state index contributed by atoms with van der Waals surface area (Å²) in [4.78, 5) is 34.3. The molecule has 2 heterocycles. The number of carboxylic acid groups (broad SMARTS) is 1. The highest BCUT2D eigenvalue weighted by molar-refractivity contribution is 6.09. The summed E-state index contributed by atoms with van der Waals surface area (Å²) >= 11 is 0. The second-order valence-electron chi connectivity index (χ2n) is 12.8. The quantitative estimate of drug-likeness (QED) is 0.234. The number of benzene rings is 2. The van der Waals surface area contributed by atoms with Gasteiger partial charge in [0.2, 0.25) is 0 Å². The van der Waals surface area contributed by atoms with Gasteiger partial charge in [-0.3, -0.25) is 14.5 Å². The Balaban J connectivity index is 1.12. The number of nitrogens with zero attached hydrogens (tertiary/aromatic N) is 3. The van der Waals surface area contributed by atoms with Crippen molar-refractivity contribution in [3.8, 4) is 11.5 Å². The predicted molar refractivity (Wildman–Crippen MR) is 171 cm³/mol. The lowest BCUT2D eigenvalue weighted by Gasteiger charge is -2.35. The second-order valence-corrected chi connectivity index (χ2v) is 12.8. The zero-order valence-corrected chi connectivity index (χ0v) is 25.8. The topological polar surface area (TPSA) is 92.2 Å². The van der Waals surface area contributed by atoms with Crippen LogP contribution in [0.3, 0.4) is 0 Å². The number of rotatable bonds is 13. The zero-order chi connectivity index (χ0) is 30.6. The van der Waals surface area contributed by atoms with E-state index in [2.05, 4.69) is 9.88 Å². The van der Waals surface area contributed by atoms with E-state index >= 15 is 0 Å². The second kappa shape index (κ2) is 13.3. The van der Waals surface area contributed by atoms with Gasteiger partial charge in [0.05, 0.1) is 31.4 Å². The number of anilines is 2. The van der Waals surface area contributed by atoms with Gasteiger partial charge in [-0.2, -0.15) is 0 Å². The molecule has 1 atom stereocenters. The number of piperidine rings is 1. The highest BCUT2D eigenvalue weighted by Crippen LogP contribution is 2.45. The molecule has 0 bridgehead atoms. The molecule has 3 fully saturated rings. The zero-order valence-electron chi connectivity index (χ0n) is 25.8. The number of hydrogen-bond acceptors (Lipinski definition) is 6. The molecule has 0 radical (unpaired) electrons. The molecule has 3 aliphatic rings. The molecule has 0 spiro atoms. The Kier molecular flexibility index (Phi) is 9.05. The van der Waals surface area contributed by atoms with Crippen LogP contribution in [0, 0.1) is 24.7 Å². The first-order chi connectivity index (χ1) is 21.4. The molecule has 1 amide bonds. The minimum Gasteiger partial charge on any atom is -0.497 e. The van der Waals surface area contributed by atoms with Crippen LogP contribution in [0.1, 0.15) is 72.3 Å². The van der Waals surface area contributed by atoms with Crippen molar-refractivity contribution in [2.24, 2.45) is 17.8 Å². The Morgan fingerprint density at radius 2 is 1.77 bits per heavy atom. The van der Waals surface area contributed by atoms with E-state index in [0.717, 1.165) is 79.9 Å². The number of carbonyl (C=O) groups is 2. The largest absolute Gasteiger partial charge is 0.497 e. The van der Waals surface area contributed by atoms with Crippen LogP contribution in [0.2, 0.25) is 0 Å². The molecular weight excluding hydrogens is 554 g/mol.